The van der Waals surface area contributed by atoms with Gasteiger partial charge in [0.15, 0.2) is 0 Å². The van der Waals surface area contributed by atoms with E-state index in [-0.39, 0.29) is 5.60 Å². The van der Waals surface area contributed by atoms with Gasteiger partial charge in [-0.1, -0.05) is 27.2 Å². The summed E-state index contributed by atoms with van der Waals surface area (Å²) >= 11 is 0. The quantitative estimate of drug-likeness (QED) is 0.664. The van der Waals surface area contributed by atoms with Crippen LogP contribution in [0.3, 0.4) is 0 Å². The highest BCUT2D eigenvalue weighted by molar-refractivity contribution is 4.83. The van der Waals surface area contributed by atoms with Crippen LogP contribution in [-0.2, 0) is 4.74 Å². The normalized spacial score (nSPS) is 33.4. The summed E-state index contributed by atoms with van der Waals surface area (Å²) in [6.07, 6.45) is 4.46. The standard InChI is InChI=1S/C14H28O/c1-10(2)12-8-7-11(3)9-13(12)15-14(4,5)6/h10-13H,7-9H2,1-6H3. The molecule has 90 valence electrons. The lowest BCUT2D eigenvalue weighted by Gasteiger charge is -2.40. The monoisotopic (exact) mass is 212 g/mol. The smallest absolute Gasteiger partial charge is 0.0615 e. The van der Waals surface area contributed by atoms with Crippen molar-refractivity contribution >= 4 is 0 Å². The van der Waals surface area contributed by atoms with E-state index in [9.17, 15) is 0 Å². The van der Waals surface area contributed by atoms with Crippen LogP contribution in [-0.4, -0.2) is 11.7 Å². The number of hydrogen-bond donors (Lipinski definition) is 0. The molecule has 0 aliphatic heterocycles. The third kappa shape index (κ3) is 4.14. The largest absolute Gasteiger partial charge is 0.372 e. The van der Waals surface area contributed by atoms with Crippen molar-refractivity contribution < 1.29 is 4.74 Å². The minimum Gasteiger partial charge on any atom is -0.372 e. The van der Waals surface area contributed by atoms with Crippen LogP contribution in [0.25, 0.3) is 0 Å². The number of hydrogen-bond acceptors (Lipinski definition) is 1. The molecular weight excluding hydrogens is 184 g/mol. The van der Waals surface area contributed by atoms with E-state index in [1.165, 1.54) is 19.3 Å². The molecule has 1 heteroatoms. The molecule has 3 unspecified atom stereocenters. The van der Waals surface area contributed by atoms with Crippen molar-refractivity contribution in [3.63, 3.8) is 0 Å². The molecule has 1 fully saturated rings. The van der Waals surface area contributed by atoms with Gasteiger partial charge in [0.2, 0.25) is 0 Å². The van der Waals surface area contributed by atoms with E-state index in [0.29, 0.717) is 6.10 Å². The van der Waals surface area contributed by atoms with Crippen molar-refractivity contribution in [1.29, 1.82) is 0 Å². The van der Waals surface area contributed by atoms with Crippen molar-refractivity contribution in [2.75, 3.05) is 0 Å². The molecule has 0 bridgehead atoms. The summed E-state index contributed by atoms with van der Waals surface area (Å²) in [4.78, 5) is 0. The predicted molar refractivity (Wildman–Crippen MR) is 66.0 cm³/mol. The molecule has 0 amide bonds. The summed E-state index contributed by atoms with van der Waals surface area (Å²) in [7, 11) is 0. The van der Waals surface area contributed by atoms with E-state index in [0.717, 1.165) is 17.8 Å². The fourth-order valence-electron chi connectivity index (χ4n) is 2.70. The summed E-state index contributed by atoms with van der Waals surface area (Å²) < 4.78 is 6.22. The number of ether oxygens (including phenoxy) is 1. The molecule has 1 aliphatic carbocycles. The fraction of sp³-hybridized carbons (Fsp3) is 1.00. The summed E-state index contributed by atoms with van der Waals surface area (Å²) in [5.41, 5.74) is 0.00880. The second-order valence-electron chi connectivity index (χ2n) is 6.59. The Hall–Kier alpha value is -0.0400. The molecule has 0 spiro atoms. The molecule has 0 aromatic carbocycles. The van der Waals surface area contributed by atoms with Gasteiger partial charge in [0.1, 0.15) is 0 Å². The number of rotatable bonds is 2. The molecule has 15 heavy (non-hydrogen) atoms. The molecule has 0 radical (unpaired) electrons. The highest BCUT2D eigenvalue weighted by Crippen LogP contribution is 2.36. The molecule has 1 nitrogen and oxygen atoms in total. The second-order valence-corrected chi connectivity index (χ2v) is 6.59. The van der Waals surface area contributed by atoms with E-state index >= 15 is 0 Å². The Morgan fingerprint density at radius 1 is 1.13 bits per heavy atom. The van der Waals surface area contributed by atoms with Gasteiger partial charge in [0, 0.05) is 0 Å². The van der Waals surface area contributed by atoms with Crippen molar-refractivity contribution in [3.8, 4) is 0 Å². The molecule has 0 aromatic heterocycles. The van der Waals surface area contributed by atoms with Crippen LogP contribution < -0.4 is 0 Å². The maximum Gasteiger partial charge on any atom is 0.0615 e. The first-order valence-electron chi connectivity index (χ1n) is 6.47. The van der Waals surface area contributed by atoms with Crippen LogP contribution in [0.4, 0.5) is 0 Å². The van der Waals surface area contributed by atoms with Gasteiger partial charge in [-0.2, -0.15) is 0 Å². The minimum absolute atomic E-state index is 0.00880. The lowest BCUT2D eigenvalue weighted by Crippen LogP contribution is -2.39. The highest BCUT2D eigenvalue weighted by Gasteiger charge is 2.33. The first-order valence-corrected chi connectivity index (χ1v) is 6.47. The Balaban J connectivity index is 2.62. The first kappa shape index (κ1) is 13.0. The van der Waals surface area contributed by atoms with Gasteiger partial charge >= 0.3 is 0 Å². The van der Waals surface area contributed by atoms with Crippen LogP contribution in [0.2, 0.25) is 0 Å². The second kappa shape index (κ2) is 4.86. The maximum atomic E-state index is 6.22. The molecule has 0 heterocycles. The molecule has 0 saturated heterocycles. The Kier molecular flexibility index (Phi) is 4.22. The van der Waals surface area contributed by atoms with Crippen LogP contribution in [0, 0.1) is 17.8 Å². The average Bonchev–Trinajstić information content (AvgIpc) is 1.99. The molecule has 1 rings (SSSR count). The summed E-state index contributed by atoms with van der Waals surface area (Å²) in [6, 6.07) is 0. The third-order valence-corrected chi connectivity index (χ3v) is 3.47. The highest BCUT2D eigenvalue weighted by atomic mass is 16.5. The Morgan fingerprint density at radius 2 is 1.73 bits per heavy atom. The zero-order valence-corrected chi connectivity index (χ0v) is 11.3. The summed E-state index contributed by atoms with van der Waals surface area (Å²) in [5.74, 6) is 2.36. The van der Waals surface area contributed by atoms with Gasteiger partial charge in [-0.3, -0.25) is 0 Å². The van der Waals surface area contributed by atoms with Crippen LogP contribution in [0.15, 0.2) is 0 Å². The Labute approximate surface area is 95.6 Å². The lowest BCUT2D eigenvalue weighted by molar-refractivity contribution is -0.114. The molecule has 1 saturated carbocycles. The lowest BCUT2D eigenvalue weighted by atomic mass is 9.75. The SMILES string of the molecule is CC1CCC(C(C)C)C(OC(C)(C)C)C1. The molecule has 1 aliphatic rings. The van der Waals surface area contributed by atoms with Crippen LogP contribution >= 0.6 is 0 Å². The minimum atomic E-state index is 0.00880. The van der Waals surface area contributed by atoms with Gasteiger partial charge < -0.3 is 4.74 Å². The molecule has 3 atom stereocenters. The van der Waals surface area contributed by atoms with Crippen molar-refractivity contribution in [2.45, 2.75) is 72.5 Å². The van der Waals surface area contributed by atoms with Crippen LogP contribution in [0.5, 0.6) is 0 Å². The predicted octanol–water partition coefficient (Wildman–Crippen LogP) is 4.26. The van der Waals surface area contributed by atoms with Gasteiger partial charge in [0.05, 0.1) is 11.7 Å². The fourth-order valence-corrected chi connectivity index (χ4v) is 2.70. The topological polar surface area (TPSA) is 9.23 Å². The van der Waals surface area contributed by atoms with Gasteiger partial charge in [0.25, 0.3) is 0 Å². The van der Waals surface area contributed by atoms with Gasteiger partial charge in [-0.25, -0.2) is 0 Å². The van der Waals surface area contributed by atoms with E-state index < -0.39 is 0 Å². The summed E-state index contributed by atoms with van der Waals surface area (Å²) in [6.45, 7) is 13.5. The van der Waals surface area contributed by atoms with E-state index in [2.05, 4.69) is 41.5 Å². The molecule has 0 N–H and O–H groups in total. The van der Waals surface area contributed by atoms with E-state index in [4.69, 9.17) is 4.74 Å². The first-order chi connectivity index (χ1) is 6.79. The average molecular weight is 212 g/mol. The van der Waals surface area contributed by atoms with Crippen LogP contribution in [0.1, 0.15) is 60.8 Å². The summed E-state index contributed by atoms with van der Waals surface area (Å²) in [5, 5.41) is 0. The van der Waals surface area contributed by atoms with E-state index in [1.54, 1.807) is 0 Å². The van der Waals surface area contributed by atoms with Crippen molar-refractivity contribution in [1.82, 2.24) is 0 Å². The van der Waals surface area contributed by atoms with Crippen molar-refractivity contribution in [3.05, 3.63) is 0 Å². The van der Waals surface area contributed by atoms with Crippen molar-refractivity contribution in [2.24, 2.45) is 17.8 Å². The van der Waals surface area contributed by atoms with Gasteiger partial charge in [-0.15, -0.1) is 0 Å². The molecule has 0 aromatic rings. The van der Waals surface area contributed by atoms with E-state index in [1.807, 2.05) is 0 Å². The molecular formula is C14H28O. The Bertz CT molecular complexity index is 190. The Morgan fingerprint density at radius 3 is 2.20 bits per heavy atom. The van der Waals surface area contributed by atoms with Gasteiger partial charge in [-0.05, 0) is 51.4 Å². The third-order valence-electron chi connectivity index (χ3n) is 3.47. The maximum absolute atomic E-state index is 6.22. The zero-order valence-electron chi connectivity index (χ0n) is 11.3. The zero-order chi connectivity index (χ0) is 11.6.